The Kier molecular flexibility index (Phi) is 3.71. The van der Waals surface area contributed by atoms with Gasteiger partial charge in [0, 0.05) is 5.02 Å². The molecule has 5 heteroatoms. The second-order valence-electron chi connectivity index (χ2n) is 3.96. The molecule has 0 aromatic heterocycles. The summed E-state index contributed by atoms with van der Waals surface area (Å²) < 4.78 is 18.6. The lowest BCUT2D eigenvalue weighted by atomic mass is 10.2. The Morgan fingerprint density at radius 2 is 2.00 bits per heavy atom. The van der Waals surface area contributed by atoms with Gasteiger partial charge in [-0.2, -0.15) is 0 Å². The maximum atomic E-state index is 13.1. The molecule has 1 N–H and O–H groups in total. The van der Waals surface area contributed by atoms with Crippen LogP contribution < -0.4 is 4.74 Å². The number of ether oxygens (including phenoxy) is 1. The van der Waals surface area contributed by atoms with Gasteiger partial charge in [0.2, 0.25) is 0 Å². The molecular weight excluding hydrogens is 271 g/mol. The molecule has 0 aliphatic rings. The third-order valence-electron chi connectivity index (χ3n) is 2.53. The topological polar surface area (TPSA) is 46.5 Å². The fraction of sp³-hybridized carbons (Fsp3) is 0.0714. The van der Waals surface area contributed by atoms with E-state index in [1.807, 2.05) is 0 Å². The molecule has 0 atom stereocenters. The fourth-order valence-electron chi connectivity index (χ4n) is 1.57. The Morgan fingerprint density at radius 1 is 1.26 bits per heavy atom. The van der Waals surface area contributed by atoms with Crippen molar-refractivity contribution in [2.75, 3.05) is 0 Å². The largest absolute Gasteiger partial charge is 0.478 e. The number of rotatable bonds is 3. The number of hydrogen-bond donors (Lipinski definition) is 1. The Morgan fingerprint density at radius 3 is 2.63 bits per heavy atom. The van der Waals surface area contributed by atoms with Gasteiger partial charge in [0.25, 0.3) is 0 Å². The average molecular weight is 281 g/mol. The number of halogens is 2. The van der Waals surface area contributed by atoms with Gasteiger partial charge < -0.3 is 9.84 Å². The van der Waals surface area contributed by atoms with E-state index in [0.29, 0.717) is 16.3 Å². The van der Waals surface area contributed by atoms with Gasteiger partial charge in [0.15, 0.2) is 0 Å². The predicted molar refractivity (Wildman–Crippen MR) is 69.6 cm³/mol. The van der Waals surface area contributed by atoms with Gasteiger partial charge in [-0.1, -0.05) is 11.6 Å². The Bertz CT molecular complexity index is 641. The van der Waals surface area contributed by atoms with Crippen LogP contribution in [-0.4, -0.2) is 11.1 Å². The molecule has 0 bridgehead atoms. The summed E-state index contributed by atoms with van der Waals surface area (Å²) in [6.45, 7) is 1.60. The SMILES string of the molecule is Cc1cc(Oc2ccc(Cl)cc2C(=O)O)ccc1F. The number of aryl methyl sites for hydroxylation is 1. The van der Waals surface area contributed by atoms with E-state index in [0.717, 1.165) is 0 Å². The molecule has 0 heterocycles. The molecule has 2 aromatic carbocycles. The van der Waals surface area contributed by atoms with E-state index >= 15 is 0 Å². The number of carbonyl (C=O) groups is 1. The van der Waals surface area contributed by atoms with Crippen LogP contribution in [-0.2, 0) is 0 Å². The van der Waals surface area contributed by atoms with Crippen LogP contribution in [0.5, 0.6) is 11.5 Å². The summed E-state index contributed by atoms with van der Waals surface area (Å²) in [5.74, 6) is -0.968. The maximum Gasteiger partial charge on any atom is 0.339 e. The van der Waals surface area contributed by atoms with Crippen molar-refractivity contribution < 1.29 is 19.0 Å². The van der Waals surface area contributed by atoms with Crippen molar-refractivity contribution >= 4 is 17.6 Å². The summed E-state index contributed by atoms with van der Waals surface area (Å²) in [6.07, 6.45) is 0. The number of benzene rings is 2. The summed E-state index contributed by atoms with van der Waals surface area (Å²) in [7, 11) is 0. The maximum absolute atomic E-state index is 13.1. The van der Waals surface area contributed by atoms with Gasteiger partial charge in [0.05, 0.1) is 0 Å². The number of hydrogen-bond acceptors (Lipinski definition) is 2. The first-order valence-corrected chi connectivity index (χ1v) is 5.82. The van der Waals surface area contributed by atoms with Crippen LogP contribution in [0.3, 0.4) is 0 Å². The standard InChI is InChI=1S/C14H10ClFO3/c1-8-6-10(3-4-12(8)16)19-13-5-2-9(15)7-11(13)14(17)18/h2-7H,1H3,(H,17,18). The Balaban J connectivity index is 2.37. The zero-order valence-corrected chi connectivity index (χ0v) is 10.7. The highest BCUT2D eigenvalue weighted by Gasteiger charge is 2.13. The minimum Gasteiger partial charge on any atom is -0.478 e. The van der Waals surface area contributed by atoms with Crippen molar-refractivity contribution in [3.05, 3.63) is 58.4 Å². The molecule has 2 aromatic rings. The molecular formula is C14H10ClFO3. The van der Waals surface area contributed by atoms with Crippen LogP contribution in [0.4, 0.5) is 4.39 Å². The lowest BCUT2D eigenvalue weighted by molar-refractivity contribution is 0.0694. The minimum absolute atomic E-state index is 0.0468. The fourth-order valence-corrected chi connectivity index (χ4v) is 1.74. The van der Waals surface area contributed by atoms with Crippen LogP contribution >= 0.6 is 11.6 Å². The van der Waals surface area contributed by atoms with Crippen LogP contribution in [0.15, 0.2) is 36.4 Å². The number of carboxylic acids is 1. The predicted octanol–water partition coefficient (Wildman–Crippen LogP) is 4.28. The molecule has 0 spiro atoms. The highest BCUT2D eigenvalue weighted by Crippen LogP contribution is 2.28. The quantitative estimate of drug-likeness (QED) is 0.913. The monoisotopic (exact) mass is 280 g/mol. The molecule has 0 unspecified atom stereocenters. The Hall–Kier alpha value is -2.07. The third kappa shape index (κ3) is 3.03. The first-order chi connectivity index (χ1) is 8.97. The molecule has 0 aliphatic heterocycles. The van der Waals surface area contributed by atoms with Gasteiger partial charge in [0.1, 0.15) is 22.9 Å². The molecule has 19 heavy (non-hydrogen) atoms. The zero-order valence-electron chi connectivity index (χ0n) is 9.98. The van der Waals surface area contributed by atoms with E-state index in [-0.39, 0.29) is 17.1 Å². The average Bonchev–Trinajstić information content (AvgIpc) is 2.36. The summed E-state index contributed by atoms with van der Waals surface area (Å²) in [5.41, 5.74) is 0.373. The lowest BCUT2D eigenvalue weighted by Crippen LogP contribution is -2.00. The van der Waals surface area contributed by atoms with Crippen molar-refractivity contribution in [2.45, 2.75) is 6.92 Å². The first-order valence-electron chi connectivity index (χ1n) is 5.44. The summed E-state index contributed by atoms with van der Waals surface area (Å²) in [4.78, 5) is 11.1. The smallest absolute Gasteiger partial charge is 0.339 e. The number of carboxylic acid groups (broad SMARTS) is 1. The second-order valence-corrected chi connectivity index (χ2v) is 4.40. The molecule has 0 aliphatic carbocycles. The van der Waals surface area contributed by atoms with Crippen LogP contribution in [0.1, 0.15) is 15.9 Å². The number of aromatic carboxylic acids is 1. The lowest BCUT2D eigenvalue weighted by Gasteiger charge is -2.09. The minimum atomic E-state index is -1.14. The first kappa shape index (κ1) is 13.4. The van der Waals surface area contributed by atoms with Gasteiger partial charge in [-0.15, -0.1) is 0 Å². The highest BCUT2D eigenvalue weighted by atomic mass is 35.5. The summed E-state index contributed by atoms with van der Waals surface area (Å²) >= 11 is 5.74. The highest BCUT2D eigenvalue weighted by molar-refractivity contribution is 6.31. The summed E-state index contributed by atoms with van der Waals surface area (Å²) in [6, 6.07) is 8.49. The normalized spacial score (nSPS) is 10.3. The van der Waals surface area contributed by atoms with Crippen molar-refractivity contribution in [3.8, 4) is 11.5 Å². The van der Waals surface area contributed by atoms with Crippen molar-refractivity contribution in [1.82, 2.24) is 0 Å². The molecule has 0 amide bonds. The van der Waals surface area contributed by atoms with Gasteiger partial charge in [-0.05, 0) is 48.9 Å². The van der Waals surface area contributed by atoms with Crippen LogP contribution in [0.25, 0.3) is 0 Å². The summed E-state index contributed by atoms with van der Waals surface area (Å²) in [5, 5.41) is 9.37. The zero-order chi connectivity index (χ0) is 14.0. The molecule has 3 nitrogen and oxygen atoms in total. The van der Waals surface area contributed by atoms with Crippen LogP contribution in [0.2, 0.25) is 5.02 Å². The van der Waals surface area contributed by atoms with E-state index in [1.54, 1.807) is 6.92 Å². The molecule has 0 fully saturated rings. The van der Waals surface area contributed by atoms with E-state index in [9.17, 15) is 9.18 Å². The second kappa shape index (κ2) is 5.28. The van der Waals surface area contributed by atoms with E-state index in [4.69, 9.17) is 21.4 Å². The molecule has 0 saturated carbocycles. The van der Waals surface area contributed by atoms with E-state index < -0.39 is 5.97 Å². The van der Waals surface area contributed by atoms with E-state index in [2.05, 4.69) is 0 Å². The van der Waals surface area contributed by atoms with Gasteiger partial charge >= 0.3 is 5.97 Å². The van der Waals surface area contributed by atoms with Crippen molar-refractivity contribution in [2.24, 2.45) is 0 Å². The van der Waals surface area contributed by atoms with Gasteiger partial charge in [-0.25, -0.2) is 9.18 Å². The molecule has 98 valence electrons. The molecule has 2 rings (SSSR count). The van der Waals surface area contributed by atoms with E-state index in [1.165, 1.54) is 36.4 Å². The molecule has 0 saturated heterocycles. The van der Waals surface area contributed by atoms with Crippen LogP contribution in [0, 0.1) is 12.7 Å². The third-order valence-corrected chi connectivity index (χ3v) is 2.76. The van der Waals surface area contributed by atoms with Crippen molar-refractivity contribution in [1.29, 1.82) is 0 Å². The Labute approximate surface area is 114 Å². The van der Waals surface area contributed by atoms with Gasteiger partial charge in [-0.3, -0.25) is 0 Å². The molecule has 0 radical (unpaired) electrons. The van der Waals surface area contributed by atoms with Crippen molar-refractivity contribution in [3.63, 3.8) is 0 Å².